The van der Waals surface area contributed by atoms with E-state index in [9.17, 15) is 4.79 Å². The maximum absolute atomic E-state index is 12.4. The van der Waals surface area contributed by atoms with E-state index in [1.54, 1.807) is 0 Å². The third kappa shape index (κ3) is 3.10. The van der Waals surface area contributed by atoms with Gasteiger partial charge in [-0.3, -0.25) is 4.79 Å². The molecule has 2 nitrogen and oxygen atoms in total. The van der Waals surface area contributed by atoms with Gasteiger partial charge in [-0.25, -0.2) is 0 Å². The van der Waals surface area contributed by atoms with Crippen molar-refractivity contribution < 1.29 is 4.79 Å². The molecule has 1 amide bonds. The molecule has 0 aliphatic rings. The number of hydrogen-bond donors (Lipinski definition) is 1. The van der Waals surface area contributed by atoms with Gasteiger partial charge in [-0.05, 0) is 74.2 Å². The Balaban J connectivity index is 2.28. The van der Waals surface area contributed by atoms with Gasteiger partial charge in [0.25, 0.3) is 5.91 Å². The molecule has 0 fully saturated rings. The van der Waals surface area contributed by atoms with Crippen LogP contribution in [-0.4, -0.2) is 5.91 Å². The van der Waals surface area contributed by atoms with Gasteiger partial charge in [-0.2, -0.15) is 0 Å². The van der Waals surface area contributed by atoms with Gasteiger partial charge in [0.05, 0.1) is 0 Å². The zero-order chi connectivity index (χ0) is 14.9. The molecule has 0 aliphatic heterocycles. The number of carbonyl (C=O) groups is 1. The Morgan fingerprint density at radius 1 is 0.900 bits per heavy atom. The maximum atomic E-state index is 12.4. The van der Waals surface area contributed by atoms with Crippen LogP contribution in [0.2, 0.25) is 0 Å². The third-order valence-corrected chi connectivity index (χ3v) is 4.39. The topological polar surface area (TPSA) is 29.1 Å². The molecule has 0 aromatic heterocycles. The molecule has 2 aromatic rings. The summed E-state index contributed by atoms with van der Waals surface area (Å²) in [5.41, 5.74) is 5.98. The Labute approximate surface area is 128 Å². The van der Waals surface area contributed by atoms with Crippen LogP contribution < -0.4 is 5.32 Å². The number of halogens is 1. The molecule has 104 valence electrons. The van der Waals surface area contributed by atoms with Gasteiger partial charge < -0.3 is 5.32 Å². The quantitative estimate of drug-likeness (QED) is 0.830. The van der Waals surface area contributed by atoms with Crippen LogP contribution in [0.1, 0.15) is 32.6 Å². The predicted molar refractivity (Wildman–Crippen MR) is 87.5 cm³/mol. The fourth-order valence-corrected chi connectivity index (χ4v) is 2.37. The van der Waals surface area contributed by atoms with Gasteiger partial charge in [0.15, 0.2) is 0 Å². The van der Waals surface area contributed by atoms with Crippen molar-refractivity contribution in [1.82, 2.24) is 0 Å². The highest BCUT2D eigenvalue weighted by molar-refractivity contribution is 9.10. The second kappa shape index (κ2) is 5.80. The molecule has 0 atom stereocenters. The van der Waals surface area contributed by atoms with Gasteiger partial charge >= 0.3 is 0 Å². The molecule has 0 spiro atoms. The Hall–Kier alpha value is -1.61. The third-order valence-electron chi connectivity index (χ3n) is 3.50. The van der Waals surface area contributed by atoms with E-state index >= 15 is 0 Å². The van der Waals surface area contributed by atoms with Crippen LogP contribution >= 0.6 is 15.9 Å². The van der Waals surface area contributed by atoms with Crippen LogP contribution in [0, 0.1) is 27.7 Å². The minimum absolute atomic E-state index is 0.0627. The van der Waals surface area contributed by atoms with Crippen LogP contribution in [0.3, 0.4) is 0 Å². The highest BCUT2D eigenvalue weighted by atomic mass is 79.9. The van der Waals surface area contributed by atoms with Crippen LogP contribution in [-0.2, 0) is 0 Å². The van der Waals surface area contributed by atoms with E-state index in [1.165, 1.54) is 5.56 Å². The normalized spacial score (nSPS) is 10.4. The molecule has 0 unspecified atom stereocenters. The molecular formula is C17H18BrNO. The lowest BCUT2D eigenvalue weighted by atomic mass is 10.0. The Morgan fingerprint density at radius 3 is 2.20 bits per heavy atom. The summed E-state index contributed by atoms with van der Waals surface area (Å²) in [5.74, 6) is -0.0627. The first-order valence-electron chi connectivity index (χ1n) is 6.54. The van der Waals surface area contributed by atoms with Gasteiger partial charge in [-0.1, -0.05) is 22.0 Å². The number of benzene rings is 2. The summed E-state index contributed by atoms with van der Waals surface area (Å²) >= 11 is 3.46. The number of anilines is 1. The zero-order valence-electron chi connectivity index (χ0n) is 12.2. The van der Waals surface area contributed by atoms with E-state index in [0.717, 1.165) is 32.4 Å². The van der Waals surface area contributed by atoms with Crippen molar-refractivity contribution in [3.63, 3.8) is 0 Å². The summed E-state index contributed by atoms with van der Waals surface area (Å²) in [4.78, 5) is 12.4. The first kappa shape index (κ1) is 14.8. The fourth-order valence-electron chi connectivity index (χ4n) is 2.13. The molecule has 3 heteroatoms. The molecule has 0 heterocycles. The van der Waals surface area contributed by atoms with Gasteiger partial charge in [-0.15, -0.1) is 0 Å². The zero-order valence-corrected chi connectivity index (χ0v) is 13.8. The van der Waals surface area contributed by atoms with Crippen LogP contribution in [0.5, 0.6) is 0 Å². The number of amides is 1. The van der Waals surface area contributed by atoms with Gasteiger partial charge in [0, 0.05) is 15.7 Å². The smallest absolute Gasteiger partial charge is 0.255 e. The lowest BCUT2D eigenvalue weighted by molar-refractivity contribution is 0.102. The van der Waals surface area contributed by atoms with E-state index in [-0.39, 0.29) is 5.91 Å². The van der Waals surface area contributed by atoms with Crippen molar-refractivity contribution in [2.75, 3.05) is 5.32 Å². The Kier molecular flexibility index (Phi) is 4.29. The van der Waals surface area contributed by atoms with Crippen molar-refractivity contribution in [3.05, 3.63) is 62.6 Å². The molecule has 0 bridgehead atoms. The molecule has 2 aromatic carbocycles. The van der Waals surface area contributed by atoms with Crippen molar-refractivity contribution in [1.29, 1.82) is 0 Å². The van der Waals surface area contributed by atoms with Crippen molar-refractivity contribution in [2.24, 2.45) is 0 Å². The Morgan fingerprint density at radius 2 is 1.55 bits per heavy atom. The minimum Gasteiger partial charge on any atom is -0.322 e. The first-order valence-corrected chi connectivity index (χ1v) is 7.33. The lowest BCUT2D eigenvalue weighted by Gasteiger charge is -2.11. The number of nitrogens with one attached hydrogen (secondary N) is 1. The molecule has 20 heavy (non-hydrogen) atoms. The van der Waals surface area contributed by atoms with Crippen molar-refractivity contribution >= 4 is 27.5 Å². The van der Waals surface area contributed by atoms with Crippen molar-refractivity contribution in [2.45, 2.75) is 27.7 Å². The summed E-state index contributed by atoms with van der Waals surface area (Å²) in [6.45, 7) is 8.05. The monoisotopic (exact) mass is 331 g/mol. The summed E-state index contributed by atoms with van der Waals surface area (Å²) in [6.07, 6.45) is 0. The molecular weight excluding hydrogens is 314 g/mol. The molecule has 0 saturated carbocycles. The molecule has 0 aliphatic carbocycles. The SMILES string of the molecule is Cc1cc(C)c(C(=O)Nc2ccc(Br)c(C)c2)cc1C. The van der Waals surface area contributed by atoms with Gasteiger partial charge in [0.1, 0.15) is 0 Å². The van der Waals surface area contributed by atoms with E-state index in [4.69, 9.17) is 0 Å². The minimum atomic E-state index is -0.0627. The standard InChI is InChI=1S/C17H18BrNO/c1-10-7-12(3)15(9-11(10)2)17(20)19-14-5-6-16(18)13(4)8-14/h5-9H,1-4H3,(H,19,20). The van der Waals surface area contributed by atoms with Crippen LogP contribution in [0.4, 0.5) is 5.69 Å². The Bertz CT molecular complexity index is 677. The highest BCUT2D eigenvalue weighted by Gasteiger charge is 2.11. The van der Waals surface area contributed by atoms with E-state index in [0.29, 0.717) is 0 Å². The second-order valence-corrected chi connectivity index (χ2v) is 6.02. The number of carbonyl (C=O) groups excluding carboxylic acids is 1. The molecule has 0 saturated heterocycles. The summed E-state index contributed by atoms with van der Waals surface area (Å²) in [5, 5.41) is 2.95. The van der Waals surface area contributed by atoms with Crippen LogP contribution in [0.25, 0.3) is 0 Å². The predicted octanol–water partition coefficient (Wildman–Crippen LogP) is 4.94. The fraction of sp³-hybridized carbons (Fsp3) is 0.235. The summed E-state index contributed by atoms with van der Waals surface area (Å²) < 4.78 is 1.04. The van der Waals surface area contributed by atoms with Gasteiger partial charge in [0.2, 0.25) is 0 Å². The number of rotatable bonds is 2. The largest absolute Gasteiger partial charge is 0.322 e. The maximum Gasteiger partial charge on any atom is 0.255 e. The second-order valence-electron chi connectivity index (χ2n) is 5.17. The van der Waals surface area contributed by atoms with E-state index in [1.807, 2.05) is 45.0 Å². The average Bonchev–Trinajstić information content (AvgIpc) is 2.38. The highest BCUT2D eigenvalue weighted by Crippen LogP contribution is 2.21. The van der Waals surface area contributed by atoms with E-state index in [2.05, 4.69) is 34.2 Å². The average molecular weight is 332 g/mol. The molecule has 0 radical (unpaired) electrons. The summed E-state index contributed by atoms with van der Waals surface area (Å²) in [6, 6.07) is 9.80. The van der Waals surface area contributed by atoms with Crippen molar-refractivity contribution in [3.8, 4) is 0 Å². The molecule has 2 rings (SSSR count). The first-order chi connectivity index (χ1) is 9.38. The summed E-state index contributed by atoms with van der Waals surface area (Å²) in [7, 11) is 0. The number of hydrogen-bond acceptors (Lipinski definition) is 1. The number of aryl methyl sites for hydroxylation is 4. The lowest BCUT2D eigenvalue weighted by Crippen LogP contribution is -2.14. The van der Waals surface area contributed by atoms with E-state index < -0.39 is 0 Å². The van der Waals surface area contributed by atoms with Crippen LogP contribution in [0.15, 0.2) is 34.8 Å². The molecule has 1 N–H and O–H groups in total.